The van der Waals surface area contributed by atoms with Crippen LogP contribution >= 0.6 is 0 Å². The largest absolute Gasteiger partial charge is 0.493 e. The highest BCUT2D eigenvalue weighted by molar-refractivity contribution is 5.84. The van der Waals surface area contributed by atoms with Gasteiger partial charge in [0.15, 0.2) is 0 Å². The number of nitrogens with zero attached hydrogens (tertiary/aromatic N) is 1. The van der Waals surface area contributed by atoms with Crippen molar-refractivity contribution in [2.45, 2.75) is 12.3 Å². The lowest BCUT2D eigenvalue weighted by atomic mass is 9.94. The molecule has 3 nitrogen and oxygen atoms in total. The number of para-hydroxylation sites is 2. The summed E-state index contributed by atoms with van der Waals surface area (Å²) in [5.41, 5.74) is 2.16. The number of ether oxygens (including phenoxy) is 2. The molecule has 0 spiro atoms. The SMILES string of the molecule is c1ccc2c(c1)OCCC2COc1cccc2cccnc12. The molecular weight excluding hydrogens is 274 g/mol. The Labute approximate surface area is 129 Å². The fourth-order valence-electron chi connectivity index (χ4n) is 2.97. The molecule has 22 heavy (non-hydrogen) atoms. The number of pyridine rings is 1. The van der Waals surface area contributed by atoms with Crippen LogP contribution in [0.5, 0.6) is 11.5 Å². The maximum atomic E-state index is 6.10. The summed E-state index contributed by atoms with van der Waals surface area (Å²) in [6, 6.07) is 18.3. The lowest BCUT2D eigenvalue weighted by Gasteiger charge is -2.25. The van der Waals surface area contributed by atoms with Gasteiger partial charge in [-0.25, -0.2) is 0 Å². The van der Waals surface area contributed by atoms with Gasteiger partial charge in [0.05, 0.1) is 13.2 Å². The summed E-state index contributed by atoms with van der Waals surface area (Å²) >= 11 is 0. The second kappa shape index (κ2) is 5.68. The average Bonchev–Trinajstić information content (AvgIpc) is 2.60. The Morgan fingerprint density at radius 1 is 1.05 bits per heavy atom. The highest BCUT2D eigenvalue weighted by Gasteiger charge is 2.21. The lowest BCUT2D eigenvalue weighted by Crippen LogP contribution is -2.19. The zero-order valence-corrected chi connectivity index (χ0v) is 12.2. The quantitative estimate of drug-likeness (QED) is 0.725. The first-order chi connectivity index (χ1) is 10.9. The van der Waals surface area contributed by atoms with Crippen LogP contribution in [0.25, 0.3) is 10.9 Å². The molecule has 1 aliphatic rings. The molecular formula is C19H17NO2. The topological polar surface area (TPSA) is 31.4 Å². The number of rotatable bonds is 3. The molecule has 2 aromatic carbocycles. The van der Waals surface area contributed by atoms with E-state index in [0.717, 1.165) is 35.4 Å². The summed E-state index contributed by atoms with van der Waals surface area (Å²) in [5, 5.41) is 1.10. The van der Waals surface area contributed by atoms with Gasteiger partial charge in [-0.3, -0.25) is 4.98 Å². The van der Waals surface area contributed by atoms with Gasteiger partial charge in [-0.1, -0.05) is 36.4 Å². The smallest absolute Gasteiger partial charge is 0.145 e. The van der Waals surface area contributed by atoms with E-state index < -0.39 is 0 Å². The lowest BCUT2D eigenvalue weighted by molar-refractivity contribution is 0.218. The van der Waals surface area contributed by atoms with Gasteiger partial charge >= 0.3 is 0 Å². The molecule has 3 aromatic rings. The van der Waals surface area contributed by atoms with E-state index in [1.807, 2.05) is 30.3 Å². The molecule has 0 bridgehead atoms. The highest BCUT2D eigenvalue weighted by Crippen LogP contribution is 2.34. The maximum Gasteiger partial charge on any atom is 0.145 e. The van der Waals surface area contributed by atoms with Crippen LogP contribution < -0.4 is 9.47 Å². The van der Waals surface area contributed by atoms with Gasteiger partial charge in [0.1, 0.15) is 17.0 Å². The van der Waals surface area contributed by atoms with Gasteiger partial charge in [-0.15, -0.1) is 0 Å². The normalized spacial score (nSPS) is 16.8. The number of hydrogen-bond donors (Lipinski definition) is 0. The van der Waals surface area contributed by atoms with Crippen molar-refractivity contribution in [2.24, 2.45) is 0 Å². The molecule has 1 atom stereocenters. The van der Waals surface area contributed by atoms with Crippen LogP contribution in [0.3, 0.4) is 0 Å². The fourth-order valence-corrected chi connectivity index (χ4v) is 2.97. The van der Waals surface area contributed by atoms with E-state index in [0.29, 0.717) is 12.5 Å². The molecule has 0 saturated heterocycles. The first kappa shape index (κ1) is 13.1. The van der Waals surface area contributed by atoms with Crippen molar-refractivity contribution in [3.63, 3.8) is 0 Å². The Morgan fingerprint density at radius 2 is 1.95 bits per heavy atom. The third-order valence-corrected chi connectivity index (χ3v) is 4.12. The van der Waals surface area contributed by atoms with Gasteiger partial charge in [-0.2, -0.15) is 0 Å². The van der Waals surface area contributed by atoms with Crippen molar-refractivity contribution >= 4 is 10.9 Å². The number of aromatic nitrogens is 1. The predicted octanol–water partition coefficient (Wildman–Crippen LogP) is 4.18. The molecule has 0 N–H and O–H groups in total. The van der Waals surface area contributed by atoms with Crippen molar-refractivity contribution in [2.75, 3.05) is 13.2 Å². The van der Waals surface area contributed by atoms with Crippen molar-refractivity contribution in [3.8, 4) is 11.5 Å². The van der Waals surface area contributed by atoms with E-state index in [2.05, 4.69) is 29.2 Å². The fraction of sp³-hybridized carbons (Fsp3) is 0.211. The second-order valence-corrected chi connectivity index (χ2v) is 5.51. The second-order valence-electron chi connectivity index (χ2n) is 5.51. The van der Waals surface area contributed by atoms with Gasteiger partial charge in [-0.05, 0) is 24.6 Å². The third-order valence-electron chi connectivity index (χ3n) is 4.12. The standard InChI is InChI=1S/C19H17NO2/c1-2-8-17-16(7-1)15(10-12-21-17)13-22-18-9-3-5-14-6-4-11-20-19(14)18/h1-9,11,15H,10,12-13H2. The molecule has 0 amide bonds. The molecule has 4 rings (SSSR count). The minimum atomic E-state index is 0.365. The van der Waals surface area contributed by atoms with Crippen LogP contribution in [0.4, 0.5) is 0 Å². The third kappa shape index (κ3) is 2.39. The van der Waals surface area contributed by atoms with Crippen LogP contribution in [-0.2, 0) is 0 Å². The number of fused-ring (bicyclic) bond motifs is 2. The summed E-state index contributed by atoms with van der Waals surface area (Å²) in [6.45, 7) is 1.40. The molecule has 110 valence electrons. The molecule has 1 aliphatic heterocycles. The number of hydrogen-bond acceptors (Lipinski definition) is 3. The summed E-state index contributed by atoms with van der Waals surface area (Å²) in [6.07, 6.45) is 2.79. The minimum Gasteiger partial charge on any atom is -0.493 e. The molecule has 0 saturated carbocycles. The van der Waals surface area contributed by atoms with Gasteiger partial charge in [0, 0.05) is 23.1 Å². The molecule has 0 radical (unpaired) electrons. The first-order valence-corrected chi connectivity index (χ1v) is 7.60. The van der Waals surface area contributed by atoms with Crippen LogP contribution in [0.1, 0.15) is 17.9 Å². The van der Waals surface area contributed by atoms with Crippen molar-refractivity contribution < 1.29 is 9.47 Å². The van der Waals surface area contributed by atoms with Gasteiger partial charge in [0.25, 0.3) is 0 Å². The zero-order chi connectivity index (χ0) is 14.8. The van der Waals surface area contributed by atoms with E-state index in [4.69, 9.17) is 9.47 Å². The Balaban J connectivity index is 1.58. The maximum absolute atomic E-state index is 6.10. The van der Waals surface area contributed by atoms with Gasteiger partial charge in [0.2, 0.25) is 0 Å². The molecule has 2 heterocycles. The van der Waals surface area contributed by atoms with Crippen LogP contribution in [0.2, 0.25) is 0 Å². The molecule has 0 aliphatic carbocycles. The van der Waals surface area contributed by atoms with E-state index >= 15 is 0 Å². The van der Waals surface area contributed by atoms with Gasteiger partial charge < -0.3 is 9.47 Å². The first-order valence-electron chi connectivity index (χ1n) is 7.60. The summed E-state index contributed by atoms with van der Waals surface area (Å²) in [7, 11) is 0. The Morgan fingerprint density at radius 3 is 2.95 bits per heavy atom. The number of benzene rings is 2. The van der Waals surface area contributed by atoms with E-state index in [9.17, 15) is 0 Å². The summed E-state index contributed by atoms with van der Waals surface area (Å²) in [5.74, 6) is 2.20. The summed E-state index contributed by atoms with van der Waals surface area (Å²) in [4.78, 5) is 4.44. The summed E-state index contributed by atoms with van der Waals surface area (Å²) < 4.78 is 11.8. The molecule has 1 unspecified atom stereocenters. The monoisotopic (exact) mass is 291 g/mol. The van der Waals surface area contributed by atoms with Crippen LogP contribution in [-0.4, -0.2) is 18.2 Å². The Bertz CT molecular complexity index is 795. The molecule has 0 fully saturated rings. The Hall–Kier alpha value is -2.55. The van der Waals surface area contributed by atoms with Crippen molar-refractivity contribution in [1.82, 2.24) is 4.98 Å². The van der Waals surface area contributed by atoms with Crippen LogP contribution in [0, 0.1) is 0 Å². The molecule has 3 heteroatoms. The van der Waals surface area contributed by atoms with Crippen LogP contribution in [0.15, 0.2) is 60.8 Å². The zero-order valence-electron chi connectivity index (χ0n) is 12.2. The molecule has 1 aromatic heterocycles. The Kier molecular flexibility index (Phi) is 3.39. The average molecular weight is 291 g/mol. The van der Waals surface area contributed by atoms with E-state index in [1.165, 1.54) is 5.56 Å². The highest BCUT2D eigenvalue weighted by atomic mass is 16.5. The van der Waals surface area contributed by atoms with E-state index in [-0.39, 0.29) is 0 Å². The minimum absolute atomic E-state index is 0.365. The van der Waals surface area contributed by atoms with Crippen molar-refractivity contribution in [3.05, 3.63) is 66.4 Å². The van der Waals surface area contributed by atoms with Crippen molar-refractivity contribution in [1.29, 1.82) is 0 Å². The predicted molar refractivity (Wildman–Crippen MR) is 86.5 cm³/mol. The van der Waals surface area contributed by atoms with E-state index in [1.54, 1.807) is 6.20 Å².